The van der Waals surface area contributed by atoms with Gasteiger partial charge >= 0.3 is 0 Å². The van der Waals surface area contributed by atoms with Crippen molar-refractivity contribution in [1.82, 2.24) is 24.6 Å². The van der Waals surface area contributed by atoms with Crippen molar-refractivity contribution in [3.63, 3.8) is 0 Å². The average Bonchev–Trinajstić information content (AvgIpc) is 3.18. The number of carbonyl (C=O) groups excluding carboxylic acids is 1. The fourth-order valence-corrected chi connectivity index (χ4v) is 4.11. The largest absolute Gasteiger partial charge is 0.376 e. The van der Waals surface area contributed by atoms with Crippen LogP contribution < -0.4 is 10.9 Å². The van der Waals surface area contributed by atoms with E-state index in [1.54, 1.807) is 24.4 Å². The van der Waals surface area contributed by atoms with E-state index >= 15 is 0 Å². The number of carbonyl (C=O) groups is 1. The second-order valence-electron chi connectivity index (χ2n) is 8.08. The summed E-state index contributed by atoms with van der Waals surface area (Å²) in [6.45, 7) is 5.94. The highest BCUT2D eigenvalue weighted by Crippen LogP contribution is 2.21. The molecule has 164 valence electrons. The molecular weight excluding hydrogens is 406 g/mol. The summed E-state index contributed by atoms with van der Waals surface area (Å²) >= 11 is 0. The summed E-state index contributed by atoms with van der Waals surface area (Å²) in [6.07, 6.45) is 1.99. The third-order valence-electron chi connectivity index (χ3n) is 5.72. The third-order valence-corrected chi connectivity index (χ3v) is 5.72. The maximum Gasteiger partial charge on any atom is 0.270 e. The molecule has 1 amide bonds. The van der Waals surface area contributed by atoms with E-state index < -0.39 is 0 Å². The van der Waals surface area contributed by atoms with E-state index in [0.717, 1.165) is 48.4 Å². The van der Waals surface area contributed by atoms with Gasteiger partial charge in [0, 0.05) is 56.3 Å². The Morgan fingerprint density at radius 1 is 1.22 bits per heavy atom. The lowest BCUT2D eigenvalue weighted by Gasteiger charge is -2.38. The molecule has 8 heteroatoms. The number of rotatable bonds is 7. The van der Waals surface area contributed by atoms with Crippen LogP contribution in [-0.2, 0) is 17.8 Å². The summed E-state index contributed by atoms with van der Waals surface area (Å²) in [7, 11) is 0. The van der Waals surface area contributed by atoms with Gasteiger partial charge in [0.25, 0.3) is 11.5 Å². The first kappa shape index (κ1) is 20.4. The molecule has 8 nitrogen and oxygen atoms in total. The lowest BCUT2D eigenvalue weighted by Crippen LogP contribution is -2.51. The number of aromatic nitrogens is 3. The van der Waals surface area contributed by atoms with Gasteiger partial charge in [-0.25, -0.2) is 4.98 Å². The van der Waals surface area contributed by atoms with Crippen LogP contribution in [0.4, 0.5) is 0 Å². The number of ether oxygens (including phenoxy) is 1. The first-order valence-electron chi connectivity index (χ1n) is 10.8. The summed E-state index contributed by atoms with van der Waals surface area (Å²) in [6, 6.07) is 14.7. The van der Waals surface area contributed by atoms with E-state index in [0.29, 0.717) is 18.3 Å². The quantitative estimate of drug-likeness (QED) is 0.469. The molecule has 1 aromatic carbocycles. The highest BCUT2D eigenvalue weighted by Gasteiger charge is 2.27. The summed E-state index contributed by atoms with van der Waals surface area (Å²) in [4.78, 5) is 34.9. The topological polar surface area (TPSA) is 91.7 Å². The van der Waals surface area contributed by atoms with Gasteiger partial charge in [-0.05, 0) is 42.1 Å². The normalized spacial score (nSPS) is 14.7. The van der Waals surface area contributed by atoms with Gasteiger partial charge in [-0.3, -0.25) is 18.9 Å². The molecule has 0 atom stereocenters. The monoisotopic (exact) mass is 431 g/mol. The van der Waals surface area contributed by atoms with Crippen molar-refractivity contribution in [2.24, 2.45) is 0 Å². The smallest absolute Gasteiger partial charge is 0.270 e. The summed E-state index contributed by atoms with van der Waals surface area (Å²) < 4.78 is 7.02. The number of H-pyrrole nitrogens is 1. The van der Waals surface area contributed by atoms with Gasteiger partial charge in [0.05, 0.1) is 6.10 Å². The maximum absolute atomic E-state index is 12.6. The molecule has 0 saturated carbocycles. The zero-order valence-electron chi connectivity index (χ0n) is 17.9. The molecule has 4 aromatic rings. The average molecular weight is 431 g/mol. The molecule has 0 bridgehead atoms. The van der Waals surface area contributed by atoms with E-state index in [9.17, 15) is 9.59 Å². The molecular formula is C24H25N5O3. The molecule has 0 unspecified atom stereocenters. The second kappa shape index (κ2) is 8.57. The van der Waals surface area contributed by atoms with Crippen LogP contribution >= 0.6 is 0 Å². The predicted octanol–water partition coefficient (Wildman–Crippen LogP) is 2.33. The number of nitrogens with one attached hydrogen (secondary N) is 2. The first-order valence-corrected chi connectivity index (χ1v) is 10.8. The minimum atomic E-state index is -0.373. The number of hydrogen-bond donors (Lipinski definition) is 2. The number of nitrogens with zero attached hydrogens (tertiary/aromatic N) is 3. The lowest BCUT2D eigenvalue weighted by molar-refractivity contribution is -0.0534. The minimum absolute atomic E-state index is 0.115. The Balaban J connectivity index is 1.24. The zero-order valence-corrected chi connectivity index (χ0v) is 17.9. The predicted molar refractivity (Wildman–Crippen MR) is 122 cm³/mol. The van der Waals surface area contributed by atoms with Crippen molar-refractivity contribution in [2.75, 3.05) is 19.7 Å². The van der Waals surface area contributed by atoms with E-state index in [2.05, 4.69) is 32.3 Å². The van der Waals surface area contributed by atoms with Crippen molar-refractivity contribution < 1.29 is 9.53 Å². The molecule has 1 aliphatic heterocycles. The van der Waals surface area contributed by atoms with Gasteiger partial charge in [0.15, 0.2) is 0 Å². The fourth-order valence-electron chi connectivity index (χ4n) is 4.11. The maximum atomic E-state index is 12.6. The third kappa shape index (κ3) is 4.15. The summed E-state index contributed by atoms with van der Waals surface area (Å²) in [5, 5.41) is 4.00. The number of benzene rings is 1. The van der Waals surface area contributed by atoms with Crippen LogP contribution in [0, 0.1) is 0 Å². The number of amides is 1. The van der Waals surface area contributed by atoms with Crippen LogP contribution in [-0.4, -0.2) is 51.0 Å². The Labute approximate surface area is 184 Å². The van der Waals surface area contributed by atoms with Crippen molar-refractivity contribution >= 4 is 22.5 Å². The molecule has 5 rings (SSSR count). The summed E-state index contributed by atoms with van der Waals surface area (Å²) in [5.74, 6) is -0.373. The van der Waals surface area contributed by atoms with Gasteiger partial charge in [0.2, 0.25) is 0 Å². The van der Waals surface area contributed by atoms with Crippen LogP contribution in [0.5, 0.6) is 0 Å². The molecule has 1 fully saturated rings. The van der Waals surface area contributed by atoms with Crippen molar-refractivity contribution in [3.8, 4) is 0 Å². The van der Waals surface area contributed by atoms with Crippen LogP contribution in [0.1, 0.15) is 28.7 Å². The Bertz CT molecular complexity index is 1340. The van der Waals surface area contributed by atoms with Gasteiger partial charge in [0.1, 0.15) is 11.3 Å². The molecule has 4 heterocycles. The van der Waals surface area contributed by atoms with Gasteiger partial charge < -0.3 is 15.0 Å². The Morgan fingerprint density at radius 2 is 2.09 bits per heavy atom. The first-order chi connectivity index (χ1) is 15.6. The standard InChI is InChI=1S/C24H25N5O3/c1-2-32-19-14-28(15-19)13-18-10-17-7-6-16(9-20(17)26-18)12-25-24(31)21-11-23(30)29-8-4-3-5-22(29)27-21/h3-11,19,26H,2,12-15H2,1H3,(H,25,31). The molecule has 0 radical (unpaired) electrons. The van der Waals surface area contributed by atoms with Crippen LogP contribution in [0.15, 0.2) is 59.5 Å². The van der Waals surface area contributed by atoms with Crippen molar-refractivity contribution in [1.29, 1.82) is 0 Å². The Morgan fingerprint density at radius 3 is 2.94 bits per heavy atom. The zero-order chi connectivity index (χ0) is 22.1. The molecule has 32 heavy (non-hydrogen) atoms. The van der Waals surface area contributed by atoms with Crippen molar-refractivity contribution in [3.05, 3.63) is 82.0 Å². The SMILES string of the molecule is CCOC1CN(Cc2cc3ccc(CNC(=O)c4cc(=O)n5ccccc5n4)cc3[nH]2)C1. The molecule has 3 aromatic heterocycles. The van der Waals surface area contributed by atoms with Gasteiger partial charge in [-0.15, -0.1) is 0 Å². The highest BCUT2D eigenvalue weighted by molar-refractivity contribution is 5.92. The number of likely N-dealkylation sites (tertiary alicyclic amines) is 1. The Hall–Kier alpha value is -3.49. The summed E-state index contributed by atoms with van der Waals surface area (Å²) in [5.41, 5.74) is 3.45. The van der Waals surface area contributed by atoms with E-state index in [4.69, 9.17) is 4.74 Å². The number of hydrogen-bond acceptors (Lipinski definition) is 5. The molecule has 0 spiro atoms. The van der Waals surface area contributed by atoms with E-state index in [1.807, 2.05) is 19.1 Å². The lowest BCUT2D eigenvalue weighted by atomic mass is 10.1. The Kier molecular flexibility index (Phi) is 5.46. The minimum Gasteiger partial charge on any atom is -0.376 e. The fraction of sp³-hybridized carbons (Fsp3) is 0.292. The van der Waals surface area contributed by atoms with Crippen LogP contribution in [0.25, 0.3) is 16.6 Å². The van der Waals surface area contributed by atoms with E-state index in [-0.39, 0.29) is 17.2 Å². The molecule has 0 aliphatic carbocycles. The van der Waals surface area contributed by atoms with Crippen LogP contribution in [0.2, 0.25) is 0 Å². The molecule has 1 saturated heterocycles. The van der Waals surface area contributed by atoms with Gasteiger partial charge in [-0.2, -0.15) is 0 Å². The molecule has 1 aliphatic rings. The number of pyridine rings is 1. The second-order valence-corrected chi connectivity index (χ2v) is 8.08. The number of aromatic amines is 1. The van der Waals surface area contributed by atoms with Crippen LogP contribution in [0.3, 0.4) is 0 Å². The molecule has 2 N–H and O–H groups in total. The highest BCUT2D eigenvalue weighted by atomic mass is 16.5. The van der Waals surface area contributed by atoms with Gasteiger partial charge in [-0.1, -0.05) is 18.2 Å². The van der Waals surface area contributed by atoms with Crippen molar-refractivity contribution in [2.45, 2.75) is 26.1 Å². The van der Waals surface area contributed by atoms with E-state index in [1.165, 1.54) is 10.5 Å². The number of fused-ring (bicyclic) bond motifs is 2.